The third kappa shape index (κ3) is 5.31. The molecule has 1 aliphatic rings. The van der Waals surface area contributed by atoms with Gasteiger partial charge in [0.05, 0.1) is 56.0 Å². The van der Waals surface area contributed by atoms with Crippen molar-refractivity contribution in [3.05, 3.63) is 59.6 Å². The van der Waals surface area contributed by atoms with Crippen molar-refractivity contribution in [2.24, 2.45) is 5.73 Å². The largest absolute Gasteiger partial charge is 0.496 e. The third-order valence-corrected chi connectivity index (χ3v) is 7.18. The summed E-state index contributed by atoms with van der Waals surface area (Å²) in [6.45, 7) is 2.43. The van der Waals surface area contributed by atoms with Crippen LogP contribution in [0.15, 0.2) is 36.7 Å². The summed E-state index contributed by atoms with van der Waals surface area (Å²) in [6, 6.07) is 5.17. The van der Waals surface area contributed by atoms with Crippen molar-refractivity contribution in [2.45, 2.75) is 32.0 Å². The van der Waals surface area contributed by atoms with Crippen LogP contribution in [0, 0.1) is 18.6 Å². The van der Waals surface area contributed by atoms with Crippen LogP contribution in [-0.4, -0.2) is 76.8 Å². The Kier molecular flexibility index (Phi) is 8.10. The highest BCUT2D eigenvalue weighted by Crippen LogP contribution is 2.40. The van der Waals surface area contributed by atoms with Gasteiger partial charge in [0.2, 0.25) is 0 Å². The summed E-state index contributed by atoms with van der Waals surface area (Å²) in [5, 5.41) is 17.6. The molecule has 0 bridgehead atoms. The molecule has 2 aromatic carbocycles. The molecule has 0 aliphatic carbocycles. The summed E-state index contributed by atoms with van der Waals surface area (Å²) in [7, 11) is 2.94. The van der Waals surface area contributed by atoms with Gasteiger partial charge >= 0.3 is 0 Å². The van der Waals surface area contributed by atoms with E-state index in [1.54, 1.807) is 26.2 Å². The number of nitrogens with two attached hydrogens (primary N) is 1. The summed E-state index contributed by atoms with van der Waals surface area (Å²) in [5.41, 5.74) is 7.40. The lowest BCUT2D eigenvalue weighted by molar-refractivity contribution is 0.102. The van der Waals surface area contributed by atoms with Gasteiger partial charge in [0.15, 0.2) is 11.6 Å². The summed E-state index contributed by atoms with van der Waals surface area (Å²) >= 11 is 0. The Morgan fingerprint density at radius 3 is 2.80 bits per heavy atom. The number of hydrogen-bond donors (Lipinski definition) is 3. The Hall–Kier alpha value is -4.20. The van der Waals surface area contributed by atoms with Crippen LogP contribution in [0.4, 0.5) is 20.2 Å². The van der Waals surface area contributed by atoms with Crippen LogP contribution in [0.3, 0.4) is 0 Å². The van der Waals surface area contributed by atoms with Gasteiger partial charge in [-0.2, -0.15) is 5.10 Å². The van der Waals surface area contributed by atoms with E-state index in [0.29, 0.717) is 42.8 Å². The molecule has 0 spiro atoms. The quantitative estimate of drug-likeness (QED) is 0.278. The second kappa shape index (κ2) is 11.7. The van der Waals surface area contributed by atoms with Crippen molar-refractivity contribution in [1.82, 2.24) is 19.7 Å². The summed E-state index contributed by atoms with van der Waals surface area (Å²) in [6.07, 6.45) is 3.37. The number of aliphatic hydroxyl groups excluding tert-OH is 1. The van der Waals surface area contributed by atoms with Gasteiger partial charge in [-0.25, -0.2) is 18.7 Å². The van der Waals surface area contributed by atoms with Gasteiger partial charge in [-0.05, 0) is 31.0 Å². The highest BCUT2D eigenvalue weighted by Gasteiger charge is 2.34. The molecule has 2 aromatic heterocycles. The van der Waals surface area contributed by atoms with Gasteiger partial charge in [-0.3, -0.25) is 9.48 Å². The fourth-order valence-corrected chi connectivity index (χ4v) is 5.20. The predicted octanol–water partition coefficient (Wildman–Crippen LogP) is 2.89. The van der Waals surface area contributed by atoms with Crippen LogP contribution >= 0.6 is 0 Å². The second-order valence-corrected chi connectivity index (χ2v) is 9.86. The average Bonchev–Trinajstić information content (AvgIpc) is 3.56. The number of methoxy groups -OCH3 is 2. The maximum absolute atomic E-state index is 15.6. The number of fused-ring (bicyclic) bond motifs is 1. The summed E-state index contributed by atoms with van der Waals surface area (Å²) in [4.78, 5) is 23.8. The minimum atomic E-state index is -0.670. The first-order valence-electron chi connectivity index (χ1n) is 13.0. The number of aryl methyl sites for hydroxylation is 1. The molecule has 11 nitrogen and oxygen atoms in total. The van der Waals surface area contributed by atoms with E-state index in [4.69, 9.17) is 15.2 Å². The first kappa shape index (κ1) is 28.3. The Balaban J connectivity index is 1.58. The molecule has 0 radical (unpaired) electrons. The standard InChI is InChI=1S/C28H31F2N7O4/c1-15-4-5-22(41-3)23(24(15)30)27-32-7-6-20(34-27)28(39)35-21-11-19(29)25-18(12-33-37(25)8-9-40-2)26(21)36-13-16(31)10-17(36)14-38/h4-7,11-12,16-17,38H,8-10,13-14,31H2,1-3H3,(H,35,39)/t16-,17-/m0/s1. The third-order valence-electron chi connectivity index (χ3n) is 7.18. The molecule has 1 fully saturated rings. The fraction of sp³-hybridized carbons (Fsp3) is 0.357. The minimum Gasteiger partial charge on any atom is -0.496 e. The number of carbonyl (C=O) groups is 1. The molecule has 41 heavy (non-hydrogen) atoms. The van der Waals surface area contributed by atoms with Crippen molar-refractivity contribution in [3.63, 3.8) is 0 Å². The summed E-state index contributed by atoms with van der Waals surface area (Å²) in [5.74, 6) is -1.67. The molecule has 0 saturated carbocycles. The molecule has 13 heteroatoms. The number of rotatable bonds is 9. The maximum atomic E-state index is 15.6. The van der Waals surface area contributed by atoms with Crippen LogP contribution in [0.1, 0.15) is 22.5 Å². The molecule has 216 valence electrons. The first-order valence-corrected chi connectivity index (χ1v) is 13.0. The molecule has 1 amide bonds. The number of carbonyl (C=O) groups excluding carboxylic acids is 1. The Labute approximate surface area is 234 Å². The van der Waals surface area contributed by atoms with Gasteiger partial charge < -0.3 is 30.5 Å². The van der Waals surface area contributed by atoms with Crippen molar-refractivity contribution in [2.75, 3.05) is 44.2 Å². The van der Waals surface area contributed by atoms with Crippen LogP contribution in [0.2, 0.25) is 0 Å². The monoisotopic (exact) mass is 567 g/mol. The minimum absolute atomic E-state index is 0.0237. The number of hydrogen-bond acceptors (Lipinski definition) is 9. The van der Waals surface area contributed by atoms with Crippen molar-refractivity contribution in [3.8, 4) is 17.1 Å². The van der Waals surface area contributed by atoms with E-state index >= 15 is 8.78 Å². The number of aromatic nitrogens is 4. The number of aliphatic hydroxyl groups is 1. The molecule has 2 atom stereocenters. The molecular weight excluding hydrogens is 536 g/mol. The number of nitrogens with zero attached hydrogens (tertiary/aromatic N) is 5. The number of halogens is 2. The Morgan fingerprint density at radius 2 is 2.07 bits per heavy atom. The van der Waals surface area contributed by atoms with Crippen molar-refractivity contribution < 1.29 is 28.2 Å². The van der Waals surface area contributed by atoms with Crippen LogP contribution < -0.4 is 20.7 Å². The molecular formula is C28H31F2N7O4. The Bertz CT molecular complexity index is 1600. The molecule has 5 rings (SSSR count). The SMILES string of the molecule is COCCn1ncc2c(N3C[C@@H](N)C[C@H]3CO)c(NC(=O)c3ccnc(-c4c(OC)ccc(C)c4F)n3)cc(F)c21. The maximum Gasteiger partial charge on any atom is 0.274 e. The number of nitrogens with one attached hydrogen (secondary N) is 1. The van der Waals surface area contributed by atoms with Gasteiger partial charge in [0.1, 0.15) is 22.8 Å². The second-order valence-electron chi connectivity index (χ2n) is 9.86. The van der Waals surface area contributed by atoms with Crippen LogP contribution in [-0.2, 0) is 11.3 Å². The van der Waals surface area contributed by atoms with Gasteiger partial charge in [-0.15, -0.1) is 0 Å². The lowest BCUT2D eigenvalue weighted by Crippen LogP contribution is -2.34. The molecule has 4 aromatic rings. The highest BCUT2D eigenvalue weighted by molar-refractivity contribution is 6.09. The van der Waals surface area contributed by atoms with E-state index in [1.807, 2.05) is 4.90 Å². The lowest BCUT2D eigenvalue weighted by atomic mass is 10.1. The first-order chi connectivity index (χ1) is 19.8. The van der Waals surface area contributed by atoms with E-state index < -0.39 is 17.5 Å². The Morgan fingerprint density at radius 1 is 1.27 bits per heavy atom. The average molecular weight is 568 g/mol. The molecule has 1 aliphatic heterocycles. The lowest BCUT2D eigenvalue weighted by Gasteiger charge is -2.28. The topological polar surface area (TPSA) is 141 Å². The van der Waals surface area contributed by atoms with E-state index in [2.05, 4.69) is 20.4 Å². The van der Waals surface area contributed by atoms with Gasteiger partial charge in [0, 0.05) is 37.3 Å². The van der Waals surface area contributed by atoms with Crippen LogP contribution in [0.5, 0.6) is 5.75 Å². The summed E-state index contributed by atoms with van der Waals surface area (Å²) < 4.78 is 42.6. The zero-order chi connectivity index (χ0) is 29.3. The van der Waals surface area contributed by atoms with Crippen LogP contribution in [0.25, 0.3) is 22.3 Å². The fourth-order valence-electron chi connectivity index (χ4n) is 5.20. The van der Waals surface area contributed by atoms with Crippen molar-refractivity contribution in [1.29, 1.82) is 0 Å². The van der Waals surface area contributed by atoms with Crippen molar-refractivity contribution >= 4 is 28.2 Å². The molecule has 4 N–H and O–H groups in total. The zero-order valence-electron chi connectivity index (χ0n) is 22.9. The van der Waals surface area contributed by atoms with E-state index in [-0.39, 0.29) is 52.7 Å². The van der Waals surface area contributed by atoms with E-state index in [1.165, 1.54) is 36.3 Å². The number of amides is 1. The number of ether oxygens (including phenoxy) is 2. The number of benzene rings is 2. The zero-order valence-corrected chi connectivity index (χ0v) is 22.9. The molecule has 3 heterocycles. The normalized spacial score (nSPS) is 16.9. The van der Waals surface area contributed by atoms with E-state index in [0.717, 1.165) is 0 Å². The van der Waals surface area contributed by atoms with Gasteiger partial charge in [0.25, 0.3) is 5.91 Å². The molecule has 1 saturated heterocycles. The predicted molar refractivity (Wildman–Crippen MR) is 149 cm³/mol. The highest BCUT2D eigenvalue weighted by atomic mass is 19.1. The van der Waals surface area contributed by atoms with Gasteiger partial charge in [-0.1, -0.05) is 6.07 Å². The smallest absolute Gasteiger partial charge is 0.274 e. The van der Waals surface area contributed by atoms with E-state index in [9.17, 15) is 9.90 Å². The molecule has 0 unspecified atom stereocenters. The number of anilines is 2.